The first-order valence-corrected chi connectivity index (χ1v) is 8.87. The normalized spacial score (nSPS) is 15.5. The number of hydrogen-bond acceptors (Lipinski definition) is 4. The lowest BCUT2D eigenvalue weighted by Gasteiger charge is -2.34. The maximum Gasteiger partial charge on any atom is 0.272 e. The van der Waals surface area contributed by atoms with Crippen LogP contribution in [0.1, 0.15) is 35.9 Å². The van der Waals surface area contributed by atoms with Crippen molar-refractivity contribution in [1.29, 1.82) is 0 Å². The predicted octanol–water partition coefficient (Wildman–Crippen LogP) is 2.56. The monoisotopic (exact) mass is 352 g/mol. The predicted molar refractivity (Wildman–Crippen MR) is 101 cm³/mol. The highest BCUT2D eigenvalue weighted by molar-refractivity contribution is 5.93. The Morgan fingerprint density at radius 1 is 1.04 bits per heavy atom. The molecule has 0 aliphatic carbocycles. The smallest absolute Gasteiger partial charge is 0.272 e. The minimum atomic E-state index is -0.0933. The summed E-state index contributed by atoms with van der Waals surface area (Å²) >= 11 is 0. The summed E-state index contributed by atoms with van der Waals surface area (Å²) in [7, 11) is 0. The molecule has 1 saturated heterocycles. The van der Waals surface area contributed by atoms with Gasteiger partial charge in [-0.1, -0.05) is 30.3 Å². The minimum absolute atomic E-state index is 0.0521. The fourth-order valence-electron chi connectivity index (χ4n) is 3.10. The highest BCUT2D eigenvalue weighted by Gasteiger charge is 2.24. The first-order chi connectivity index (χ1) is 12.5. The molecule has 2 amide bonds. The van der Waals surface area contributed by atoms with Crippen molar-refractivity contribution in [1.82, 2.24) is 14.8 Å². The second kappa shape index (κ2) is 7.99. The van der Waals surface area contributed by atoms with Crippen molar-refractivity contribution in [2.75, 3.05) is 31.5 Å². The van der Waals surface area contributed by atoms with Gasteiger partial charge in [-0.3, -0.25) is 14.6 Å². The van der Waals surface area contributed by atoms with Gasteiger partial charge >= 0.3 is 0 Å². The molecule has 0 saturated carbocycles. The van der Waals surface area contributed by atoms with Crippen LogP contribution in [0.5, 0.6) is 0 Å². The standard InChI is InChI=1S/C20H24N4O2/c1-15(17-6-4-3-5-7-17)22-18-8-9-21-19(14-18)20(26)24-12-10-23(11-13-24)16(2)25/h3-9,14-15H,10-13H2,1-2H3,(H,21,22). The molecular formula is C20H24N4O2. The van der Waals surface area contributed by atoms with Gasteiger partial charge in [0.05, 0.1) is 0 Å². The molecule has 1 aromatic carbocycles. The van der Waals surface area contributed by atoms with E-state index >= 15 is 0 Å². The summed E-state index contributed by atoms with van der Waals surface area (Å²) in [6, 6.07) is 13.9. The Bertz CT molecular complexity index is 770. The Kier molecular flexibility index (Phi) is 5.51. The molecule has 3 rings (SSSR count). The summed E-state index contributed by atoms with van der Waals surface area (Å²) < 4.78 is 0. The topological polar surface area (TPSA) is 65.5 Å². The van der Waals surface area contributed by atoms with Crippen LogP contribution in [0.2, 0.25) is 0 Å². The number of piperazine rings is 1. The molecule has 136 valence electrons. The van der Waals surface area contributed by atoms with Gasteiger partial charge in [0.25, 0.3) is 5.91 Å². The van der Waals surface area contributed by atoms with E-state index in [0.717, 1.165) is 5.69 Å². The number of anilines is 1. The number of aromatic nitrogens is 1. The van der Waals surface area contributed by atoms with Crippen LogP contribution in [0.4, 0.5) is 5.69 Å². The molecule has 1 aliphatic rings. The van der Waals surface area contributed by atoms with E-state index in [4.69, 9.17) is 0 Å². The van der Waals surface area contributed by atoms with E-state index in [-0.39, 0.29) is 17.9 Å². The zero-order chi connectivity index (χ0) is 18.5. The van der Waals surface area contributed by atoms with Gasteiger partial charge < -0.3 is 15.1 Å². The average molecular weight is 352 g/mol. The van der Waals surface area contributed by atoms with Crippen molar-refractivity contribution >= 4 is 17.5 Å². The summed E-state index contributed by atoms with van der Waals surface area (Å²) in [5.74, 6) is -0.0412. The van der Waals surface area contributed by atoms with Gasteiger partial charge in [-0.15, -0.1) is 0 Å². The summed E-state index contributed by atoms with van der Waals surface area (Å²) in [4.78, 5) is 31.9. The Morgan fingerprint density at radius 3 is 2.35 bits per heavy atom. The Hall–Kier alpha value is -2.89. The zero-order valence-corrected chi connectivity index (χ0v) is 15.2. The van der Waals surface area contributed by atoms with Crippen molar-refractivity contribution in [3.8, 4) is 0 Å². The molecule has 26 heavy (non-hydrogen) atoms. The second-order valence-electron chi connectivity index (χ2n) is 6.50. The SMILES string of the molecule is CC(=O)N1CCN(C(=O)c2cc(NC(C)c3ccccc3)ccn2)CC1. The molecule has 1 N–H and O–H groups in total. The number of hydrogen-bond donors (Lipinski definition) is 1. The maximum atomic E-state index is 12.7. The van der Waals surface area contributed by atoms with Crippen LogP contribution in [0.25, 0.3) is 0 Å². The molecule has 0 spiro atoms. The number of amides is 2. The van der Waals surface area contributed by atoms with Gasteiger partial charge in [0.15, 0.2) is 0 Å². The van der Waals surface area contributed by atoms with Crippen molar-refractivity contribution in [3.05, 3.63) is 59.9 Å². The molecule has 1 aliphatic heterocycles. The first-order valence-electron chi connectivity index (χ1n) is 8.87. The van der Waals surface area contributed by atoms with Gasteiger partial charge in [-0.05, 0) is 24.6 Å². The third-order valence-electron chi connectivity index (χ3n) is 4.67. The average Bonchev–Trinajstić information content (AvgIpc) is 2.68. The van der Waals surface area contributed by atoms with E-state index in [0.29, 0.717) is 31.9 Å². The highest BCUT2D eigenvalue weighted by atomic mass is 16.2. The van der Waals surface area contributed by atoms with Crippen molar-refractivity contribution < 1.29 is 9.59 Å². The van der Waals surface area contributed by atoms with E-state index in [1.165, 1.54) is 5.56 Å². The Morgan fingerprint density at radius 2 is 1.69 bits per heavy atom. The lowest BCUT2D eigenvalue weighted by atomic mass is 10.1. The van der Waals surface area contributed by atoms with Crippen LogP contribution < -0.4 is 5.32 Å². The number of benzene rings is 1. The minimum Gasteiger partial charge on any atom is -0.378 e. The fraction of sp³-hybridized carbons (Fsp3) is 0.350. The molecule has 1 aromatic heterocycles. The van der Waals surface area contributed by atoms with Crippen LogP contribution in [0, 0.1) is 0 Å². The Balaban J connectivity index is 1.65. The molecule has 6 heteroatoms. The third-order valence-corrected chi connectivity index (χ3v) is 4.67. The summed E-state index contributed by atoms with van der Waals surface area (Å²) in [6.07, 6.45) is 1.65. The second-order valence-corrected chi connectivity index (χ2v) is 6.50. The molecule has 2 aromatic rings. The van der Waals surface area contributed by atoms with Gasteiger partial charge in [-0.25, -0.2) is 0 Å². The molecule has 1 unspecified atom stereocenters. The van der Waals surface area contributed by atoms with Crippen LogP contribution in [-0.2, 0) is 4.79 Å². The molecule has 1 atom stereocenters. The molecule has 0 bridgehead atoms. The lowest BCUT2D eigenvalue weighted by Crippen LogP contribution is -2.50. The molecule has 0 radical (unpaired) electrons. The zero-order valence-electron chi connectivity index (χ0n) is 15.2. The van der Waals surface area contributed by atoms with Crippen molar-refractivity contribution in [2.24, 2.45) is 0 Å². The number of nitrogens with zero attached hydrogens (tertiary/aromatic N) is 3. The molecular weight excluding hydrogens is 328 g/mol. The summed E-state index contributed by atoms with van der Waals surface area (Å²) in [5, 5.41) is 3.41. The molecule has 2 heterocycles. The van der Waals surface area contributed by atoms with E-state index in [1.807, 2.05) is 24.3 Å². The number of carbonyl (C=O) groups excluding carboxylic acids is 2. The van der Waals surface area contributed by atoms with E-state index in [2.05, 4.69) is 29.4 Å². The van der Waals surface area contributed by atoms with Crippen LogP contribution >= 0.6 is 0 Å². The van der Waals surface area contributed by atoms with Gasteiger partial charge in [0.1, 0.15) is 5.69 Å². The molecule has 1 fully saturated rings. The van der Waals surface area contributed by atoms with E-state index < -0.39 is 0 Å². The maximum absolute atomic E-state index is 12.7. The van der Waals surface area contributed by atoms with E-state index in [1.54, 1.807) is 29.0 Å². The number of carbonyl (C=O) groups is 2. The number of rotatable bonds is 4. The van der Waals surface area contributed by atoms with Gasteiger partial charge in [-0.2, -0.15) is 0 Å². The van der Waals surface area contributed by atoms with Crippen molar-refractivity contribution in [2.45, 2.75) is 19.9 Å². The molecule has 6 nitrogen and oxygen atoms in total. The quantitative estimate of drug-likeness (QED) is 0.918. The van der Waals surface area contributed by atoms with Crippen LogP contribution in [0.3, 0.4) is 0 Å². The number of nitrogens with one attached hydrogen (secondary N) is 1. The largest absolute Gasteiger partial charge is 0.378 e. The van der Waals surface area contributed by atoms with Crippen molar-refractivity contribution in [3.63, 3.8) is 0 Å². The van der Waals surface area contributed by atoms with Gasteiger partial charge in [0.2, 0.25) is 5.91 Å². The summed E-state index contributed by atoms with van der Waals surface area (Å²) in [6.45, 7) is 5.87. The van der Waals surface area contributed by atoms with Crippen LogP contribution in [0.15, 0.2) is 48.7 Å². The number of pyridine rings is 1. The fourth-order valence-corrected chi connectivity index (χ4v) is 3.10. The van der Waals surface area contributed by atoms with Crippen LogP contribution in [-0.4, -0.2) is 52.8 Å². The lowest BCUT2D eigenvalue weighted by molar-refractivity contribution is -0.130. The highest BCUT2D eigenvalue weighted by Crippen LogP contribution is 2.19. The van der Waals surface area contributed by atoms with E-state index in [9.17, 15) is 9.59 Å². The Labute approximate surface area is 153 Å². The summed E-state index contributed by atoms with van der Waals surface area (Å²) in [5.41, 5.74) is 2.46. The van der Waals surface area contributed by atoms with Gasteiger partial charge in [0, 0.05) is 51.0 Å². The third kappa shape index (κ3) is 4.20. The first kappa shape index (κ1) is 17.9.